The molecule has 1 saturated carbocycles. The minimum absolute atomic E-state index is 0.00402. The molecule has 0 aliphatic heterocycles. The molecule has 0 saturated heterocycles. The SMILES string of the molecule is COc1cccc(-c2cc(C3(C(=O)NC(C)c4ccccc4)CC3)no2)c1. The van der Waals surface area contributed by atoms with E-state index in [0.717, 1.165) is 29.7 Å². The van der Waals surface area contributed by atoms with Crippen molar-refractivity contribution in [1.82, 2.24) is 10.5 Å². The van der Waals surface area contributed by atoms with E-state index in [9.17, 15) is 4.79 Å². The first-order valence-corrected chi connectivity index (χ1v) is 9.10. The van der Waals surface area contributed by atoms with Gasteiger partial charge in [0.05, 0.1) is 24.3 Å². The van der Waals surface area contributed by atoms with Gasteiger partial charge in [0.15, 0.2) is 5.76 Å². The third-order valence-corrected chi connectivity index (χ3v) is 5.19. The van der Waals surface area contributed by atoms with E-state index in [1.807, 2.05) is 67.6 Å². The quantitative estimate of drug-likeness (QED) is 0.712. The highest BCUT2D eigenvalue weighted by atomic mass is 16.5. The maximum absolute atomic E-state index is 12.9. The van der Waals surface area contributed by atoms with Crippen LogP contribution in [0, 0.1) is 0 Å². The van der Waals surface area contributed by atoms with Crippen LogP contribution in [0.5, 0.6) is 5.75 Å². The van der Waals surface area contributed by atoms with Gasteiger partial charge in [-0.15, -0.1) is 0 Å². The van der Waals surface area contributed by atoms with Crippen LogP contribution in [0.4, 0.5) is 0 Å². The van der Waals surface area contributed by atoms with Crippen molar-refractivity contribution in [2.45, 2.75) is 31.2 Å². The molecule has 0 spiro atoms. The highest BCUT2D eigenvalue weighted by Crippen LogP contribution is 2.49. The van der Waals surface area contributed by atoms with Crippen LogP contribution in [-0.2, 0) is 10.2 Å². The molecule has 1 fully saturated rings. The van der Waals surface area contributed by atoms with E-state index in [0.29, 0.717) is 11.5 Å². The van der Waals surface area contributed by atoms with Gasteiger partial charge in [0.1, 0.15) is 5.75 Å². The van der Waals surface area contributed by atoms with Gasteiger partial charge in [-0.25, -0.2) is 0 Å². The molecule has 1 unspecified atom stereocenters. The highest BCUT2D eigenvalue weighted by Gasteiger charge is 2.54. The zero-order chi connectivity index (χ0) is 18.9. The van der Waals surface area contributed by atoms with E-state index in [2.05, 4.69) is 10.5 Å². The summed E-state index contributed by atoms with van der Waals surface area (Å²) in [5, 5.41) is 7.33. The van der Waals surface area contributed by atoms with E-state index >= 15 is 0 Å². The Morgan fingerprint density at radius 3 is 2.63 bits per heavy atom. The summed E-state index contributed by atoms with van der Waals surface area (Å²) in [6.45, 7) is 1.99. The second-order valence-corrected chi connectivity index (χ2v) is 7.00. The molecule has 4 rings (SSSR count). The van der Waals surface area contributed by atoms with Crippen molar-refractivity contribution in [2.75, 3.05) is 7.11 Å². The topological polar surface area (TPSA) is 64.4 Å². The molecule has 3 aromatic rings. The Morgan fingerprint density at radius 2 is 1.93 bits per heavy atom. The van der Waals surface area contributed by atoms with Crippen LogP contribution in [0.25, 0.3) is 11.3 Å². The number of amides is 1. The highest BCUT2D eigenvalue weighted by molar-refractivity contribution is 5.91. The van der Waals surface area contributed by atoms with Gasteiger partial charge < -0.3 is 14.6 Å². The lowest BCUT2D eigenvalue weighted by Gasteiger charge is -2.18. The molecule has 138 valence electrons. The van der Waals surface area contributed by atoms with E-state index in [1.165, 1.54) is 0 Å². The van der Waals surface area contributed by atoms with Crippen LogP contribution >= 0.6 is 0 Å². The molecule has 0 radical (unpaired) electrons. The van der Waals surface area contributed by atoms with Gasteiger partial charge in [0.25, 0.3) is 0 Å². The number of nitrogens with one attached hydrogen (secondary N) is 1. The molecular formula is C22H22N2O3. The summed E-state index contributed by atoms with van der Waals surface area (Å²) >= 11 is 0. The number of carbonyl (C=O) groups is 1. The van der Waals surface area contributed by atoms with E-state index < -0.39 is 5.41 Å². The van der Waals surface area contributed by atoms with Gasteiger partial charge in [-0.2, -0.15) is 0 Å². The first kappa shape index (κ1) is 17.3. The first-order valence-electron chi connectivity index (χ1n) is 9.10. The summed E-state index contributed by atoms with van der Waals surface area (Å²) in [6.07, 6.45) is 1.56. The number of methoxy groups -OCH3 is 1. The van der Waals surface area contributed by atoms with E-state index in [1.54, 1.807) is 7.11 Å². The maximum Gasteiger partial charge on any atom is 0.232 e. The van der Waals surface area contributed by atoms with Crippen molar-refractivity contribution in [3.05, 3.63) is 71.9 Å². The van der Waals surface area contributed by atoms with Gasteiger partial charge in [-0.3, -0.25) is 4.79 Å². The Bertz CT molecular complexity index is 945. The number of aromatic nitrogens is 1. The molecule has 1 aliphatic rings. The number of carbonyl (C=O) groups excluding carboxylic acids is 1. The van der Waals surface area contributed by atoms with Crippen molar-refractivity contribution in [3.8, 4) is 17.1 Å². The molecule has 1 aromatic heterocycles. The number of rotatable bonds is 6. The van der Waals surface area contributed by atoms with Crippen molar-refractivity contribution in [1.29, 1.82) is 0 Å². The van der Waals surface area contributed by atoms with Crippen LogP contribution in [0.15, 0.2) is 65.2 Å². The summed E-state index contributed by atoms with van der Waals surface area (Å²) < 4.78 is 10.8. The Kier molecular flexibility index (Phi) is 4.44. The third-order valence-electron chi connectivity index (χ3n) is 5.19. The maximum atomic E-state index is 12.9. The second kappa shape index (κ2) is 6.91. The van der Waals surface area contributed by atoms with Crippen LogP contribution in [0.1, 0.15) is 37.1 Å². The molecule has 1 atom stereocenters. The molecule has 2 aromatic carbocycles. The van der Waals surface area contributed by atoms with Gasteiger partial charge >= 0.3 is 0 Å². The van der Waals surface area contributed by atoms with Crippen molar-refractivity contribution >= 4 is 5.91 Å². The standard InChI is InChI=1S/C22H22N2O3/c1-15(16-7-4-3-5-8-16)23-21(25)22(11-12-22)20-14-19(27-24-20)17-9-6-10-18(13-17)26-2/h3-10,13-15H,11-12H2,1-2H3,(H,23,25). The molecular weight excluding hydrogens is 340 g/mol. The fourth-order valence-electron chi connectivity index (χ4n) is 3.30. The summed E-state index contributed by atoms with van der Waals surface area (Å²) in [5.41, 5.74) is 2.07. The lowest BCUT2D eigenvalue weighted by atomic mass is 9.99. The fraction of sp³-hybridized carbons (Fsp3) is 0.273. The zero-order valence-electron chi connectivity index (χ0n) is 15.4. The van der Waals surface area contributed by atoms with Crippen LogP contribution in [0.3, 0.4) is 0 Å². The van der Waals surface area contributed by atoms with Crippen LogP contribution in [0.2, 0.25) is 0 Å². The second-order valence-electron chi connectivity index (χ2n) is 7.00. The number of nitrogens with zero attached hydrogens (tertiary/aromatic N) is 1. The summed E-state index contributed by atoms with van der Waals surface area (Å²) in [7, 11) is 1.63. The number of benzene rings is 2. The summed E-state index contributed by atoms with van der Waals surface area (Å²) in [6, 6.07) is 19.4. The Balaban J connectivity index is 1.53. The predicted octanol–water partition coefficient (Wildman–Crippen LogP) is 4.26. The predicted molar refractivity (Wildman–Crippen MR) is 102 cm³/mol. The lowest BCUT2D eigenvalue weighted by molar-refractivity contribution is -0.124. The van der Waals surface area contributed by atoms with Gasteiger partial charge in [-0.1, -0.05) is 47.6 Å². The summed E-state index contributed by atoms with van der Waals surface area (Å²) in [5.74, 6) is 1.39. The lowest BCUT2D eigenvalue weighted by Crippen LogP contribution is -2.36. The molecule has 0 bridgehead atoms. The number of hydrogen-bond donors (Lipinski definition) is 1. The van der Waals surface area contributed by atoms with Crippen LogP contribution in [-0.4, -0.2) is 18.2 Å². The normalized spacial score (nSPS) is 15.8. The van der Waals surface area contributed by atoms with E-state index in [-0.39, 0.29) is 11.9 Å². The minimum Gasteiger partial charge on any atom is -0.497 e. The zero-order valence-corrected chi connectivity index (χ0v) is 15.4. The Labute approximate surface area is 158 Å². The molecule has 1 N–H and O–H groups in total. The Hall–Kier alpha value is -3.08. The largest absolute Gasteiger partial charge is 0.497 e. The minimum atomic E-state index is -0.580. The molecule has 27 heavy (non-hydrogen) atoms. The monoisotopic (exact) mass is 362 g/mol. The fourth-order valence-corrected chi connectivity index (χ4v) is 3.30. The van der Waals surface area contributed by atoms with Crippen LogP contribution < -0.4 is 10.1 Å². The molecule has 1 amide bonds. The van der Waals surface area contributed by atoms with Crippen molar-refractivity contribution in [3.63, 3.8) is 0 Å². The molecule has 1 aliphatic carbocycles. The summed E-state index contributed by atoms with van der Waals surface area (Å²) in [4.78, 5) is 12.9. The van der Waals surface area contributed by atoms with Crippen molar-refractivity contribution < 1.29 is 14.1 Å². The van der Waals surface area contributed by atoms with Gasteiger partial charge in [0.2, 0.25) is 5.91 Å². The van der Waals surface area contributed by atoms with Crippen molar-refractivity contribution in [2.24, 2.45) is 0 Å². The van der Waals surface area contributed by atoms with Gasteiger partial charge in [0, 0.05) is 11.6 Å². The molecule has 5 heteroatoms. The average Bonchev–Trinajstić information content (AvgIpc) is 3.38. The Morgan fingerprint density at radius 1 is 1.15 bits per heavy atom. The number of hydrogen-bond acceptors (Lipinski definition) is 4. The molecule has 1 heterocycles. The third kappa shape index (κ3) is 3.33. The first-order chi connectivity index (χ1) is 13.1. The molecule has 5 nitrogen and oxygen atoms in total. The number of ether oxygens (including phenoxy) is 1. The average molecular weight is 362 g/mol. The smallest absolute Gasteiger partial charge is 0.232 e. The van der Waals surface area contributed by atoms with E-state index in [4.69, 9.17) is 9.26 Å². The van der Waals surface area contributed by atoms with Gasteiger partial charge in [-0.05, 0) is 37.5 Å².